The van der Waals surface area contributed by atoms with Crippen LogP contribution >= 0.6 is 0 Å². The first-order valence-corrected chi connectivity index (χ1v) is 7.11. The molecule has 5 heteroatoms. The Morgan fingerprint density at radius 1 is 1.10 bits per heavy atom. The minimum Gasteiger partial charge on any atom is -0.339 e. The third-order valence-electron chi connectivity index (χ3n) is 3.34. The summed E-state index contributed by atoms with van der Waals surface area (Å²) in [6, 6.07) is 11.4. The number of para-hydroxylation sites is 1. The Morgan fingerprint density at radius 3 is 2.38 bits per heavy atom. The summed E-state index contributed by atoms with van der Waals surface area (Å²) in [6.07, 6.45) is 0. The van der Waals surface area contributed by atoms with Gasteiger partial charge >= 0.3 is 0 Å². The van der Waals surface area contributed by atoms with Crippen molar-refractivity contribution in [3.63, 3.8) is 0 Å². The van der Waals surface area contributed by atoms with Gasteiger partial charge in [0.05, 0.1) is 0 Å². The predicted molar refractivity (Wildman–Crippen MR) is 83.7 cm³/mol. The van der Waals surface area contributed by atoms with Gasteiger partial charge in [-0.25, -0.2) is 0 Å². The SMILES string of the molecule is CCN(CC)C(=O)c1ccc(Nc2ccccc2C)nn1. The first-order valence-electron chi connectivity index (χ1n) is 7.11. The second-order valence-electron chi connectivity index (χ2n) is 4.72. The maximum atomic E-state index is 12.1. The molecular weight excluding hydrogens is 264 g/mol. The number of anilines is 2. The molecule has 1 amide bonds. The van der Waals surface area contributed by atoms with E-state index in [9.17, 15) is 4.79 Å². The molecule has 1 aromatic heterocycles. The van der Waals surface area contributed by atoms with Crippen LogP contribution in [0.2, 0.25) is 0 Å². The van der Waals surface area contributed by atoms with Gasteiger partial charge < -0.3 is 10.2 Å². The number of carbonyl (C=O) groups excluding carboxylic acids is 1. The lowest BCUT2D eigenvalue weighted by molar-refractivity contribution is 0.0766. The van der Waals surface area contributed by atoms with E-state index >= 15 is 0 Å². The molecule has 5 nitrogen and oxygen atoms in total. The first kappa shape index (κ1) is 15.0. The van der Waals surface area contributed by atoms with E-state index in [1.165, 1.54) is 0 Å². The third kappa shape index (κ3) is 3.56. The van der Waals surface area contributed by atoms with E-state index in [1.54, 1.807) is 17.0 Å². The largest absolute Gasteiger partial charge is 0.339 e. The van der Waals surface area contributed by atoms with Gasteiger partial charge in [-0.05, 0) is 44.5 Å². The fourth-order valence-corrected chi connectivity index (χ4v) is 2.04. The Morgan fingerprint density at radius 2 is 1.81 bits per heavy atom. The van der Waals surface area contributed by atoms with E-state index in [1.807, 2.05) is 45.0 Å². The number of nitrogens with zero attached hydrogens (tertiary/aromatic N) is 3. The monoisotopic (exact) mass is 284 g/mol. The van der Waals surface area contributed by atoms with Gasteiger partial charge in [0.1, 0.15) is 0 Å². The highest BCUT2D eigenvalue weighted by atomic mass is 16.2. The molecular formula is C16H20N4O. The van der Waals surface area contributed by atoms with Gasteiger partial charge in [-0.3, -0.25) is 4.79 Å². The van der Waals surface area contributed by atoms with Gasteiger partial charge in [-0.1, -0.05) is 18.2 Å². The highest BCUT2D eigenvalue weighted by Gasteiger charge is 2.14. The van der Waals surface area contributed by atoms with Crippen LogP contribution < -0.4 is 5.32 Å². The highest BCUT2D eigenvalue weighted by molar-refractivity contribution is 5.92. The Bertz CT molecular complexity index is 606. The molecule has 1 aromatic carbocycles. The van der Waals surface area contributed by atoms with E-state index < -0.39 is 0 Å². The summed E-state index contributed by atoms with van der Waals surface area (Å²) >= 11 is 0. The molecule has 0 aliphatic heterocycles. The van der Waals surface area contributed by atoms with E-state index in [0.29, 0.717) is 24.6 Å². The molecule has 0 bridgehead atoms. The lowest BCUT2D eigenvalue weighted by atomic mass is 10.2. The highest BCUT2D eigenvalue weighted by Crippen LogP contribution is 2.18. The van der Waals surface area contributed by atoms with E-state index in [2.05, 4.69) is 15.5 Å². The second-order valence-corrected chi connectivity index (χ2v) is 4.72. The van der Waals surface area contributed by atoms with Gasteiger partial charge in [-0.2, -0.15) is 0 Å². The van der Waals surface area contributed by atoms with Crippen LogP contribution in [0.25, 0.3) is 0 Å². The Hall–Kier alpha value is -2.43. The standard InChI is InChI=1S/C16H20N4O/c1-4-20(5-2)16(21)14-10-11-15(19-18-14)17-13-9-7-6-8-12(13)3/h6-11H,4-5H2,1-3H3,(H,17,19). The molecule has 0 aliphatic carbocycles. The van der Waals surface area contributed by atoms with Crippen LogP contribution in [0.5, 0.6) is 0 Å². The van der Waals surface area contributed by atoms with Crippen molar-refractivity contribution < 1.29 is 4.79 Å². The average molecular weight is 284 g/mol. The quantitative estimate of drug-likeness (QED) is 0.917. The molecule has 110 valence electrons. The molecule has 21 heavy (non-hydrogen) atoms. The molecule has 0 unspecified atom stereocenters. The van der Waals surface area contributed by atoms with Crippen LogP contribution in [0, 0.1) is 6.92 Å². The molecule has 0 saturated heterocycles. The molecule has 0 atom stereocenters. The van der Waals surface area contributed by atoms with Crippen LogP contribution in [0.3, 0.4) is 0 Å². The van der Waals surface area contributed by atoms with Crippen molar-refractivity contribution in [1.82, 2.24) is 15.1 Å². The molecule has 2 aromatic rings. The Balaban J connectivity index is 2.12. The van der Waals surface area contributed by atoms with Gasteiger partial charge in [0.25, 0.3) is 5.91 Å². The van der Waals surface area contributed by atoms with Gasteiger partial charge in [0.15, 0.2) is 11.5 Å². The molecule has 0 saturated carbocycles. The minimum absolute atomic E-state index is 0.0880. The summed E-state index contributed by atoms with van der Waals surface area (Å²) in [6.45, 7) is 7.25. The number of amides is 1. The summed E-state index contributed by atoms with van der Waals surface area (Å²) in [5.41, 5.74) is 2.48. The maximum Gasteiger partial charge on any atom is 0.274 e. The minimum atomic E-state index is -0.0880. The molecule has 0 spiro atoms. The van der Waals surface area contributed by atoms with Crippen molar-refractivity contribution >= 4 is 17.4 Å². The fraction of sp³-hybridized carbons (Fsp3) is 0.312. The summed E-state index contributed by atoms with van der Waals surface area (Å²) in [7, 11) is 0. The van der Waals surface area contributed by atoms with Gasteiger partial charge in [-0.15, -0.1) is 10.2 Å². The van der Waals surface area contributed by atoms with E-state index in [0.717, 1.165) is 11.3 Å². The normalized spacial score (nSPS) is 10.2. The smallest absolute Gasteiger partial charge is 0.274 e. The van der Waals surface area contributed by atoms with Crippen molar-refractivity contribution in [2.24, 2.45) is 0 Å². The van der Waals surface area contributed by atoms with Crippen molar-refractivity contribution in [1.29, 1.82) is 0 Å². The lowest BCUT2D eigenvalue weighted by Crippen LogP contribution is -2.31. The fourth-order valence-electron chi connectivity index (χ4n) is 2.04. The Kier molecular flexibility index (Phi) is 4.87. The van der Waals surface area contributed by atoms with Gasteiger partial charge in [0.2, 0.25) is 0 Å². The molecule has 0 radical (unpaired) electrons. The average Bonchev–Trinajstić information content (AvgIpc) is 2.51. The first-order chi connectivity index (χ1) is 10.2. The number of benzene rings is 1. The number of rotatable bonds is 5. The zero-order valence-electron chi connectivity index (χ0n) is 12.6. The topological polar surface area (TPSA) is 58.1 Å². The zero-order valence-corrected chi connectivity index (χ0v) is 12.6. The number of carbonyl (C=O) groups is 1. The number of hydrogen-bond acceptors (Lipinski definition) is 4. The zero-order chi connectivity index (χ0) is 15.2. The van der Waals surface area contributed by atoms with E-state index in [4.69, 9.17) is 0 Å². The van der Waals surface area contributed by atoms with E-state index in [-0.39, 0.29) is 5.91 Å². The maximum absolute atomic E-state index is 12.1. The predicted octanol–water partition coefficient (Wildman–Crippen LogP) is 3.01. The van der Waals surface area contributed by atoms with Crippen LogP contribution in [0.1, 0.15) is 29.9 Å². The van der Waals surface area contributed by atoms with Crippen molar-refractivity contribution in [2.45, 2.75) is 20.8 Å². The molecule has 1 N–H and O–H groups in total. The molecule has 0 fully saturated rings. The van der Waals surface area contributed by atoms with Crippen molar-refractivity contribution in [3.8, 4) is 0 Å². The van der Waals surface area contributed by atoms with Crippen molar-refractivity contribution in [3.05, 3.63) is 47.7 Å². The third-order valence-corrected chi connectivity index (χ3v) is 3.34. The molecule has 2 rings (SSSR count). The summed E-state index contributed by atoms with van der Waals surface area (Å²) < 4.78 is 0. The van der Waals surface area contributed by atoms with Crippen LogP contribution in [0.15, 0.2) is 36.4 Å². The number of aromatic nitrogens is 2. The molecule has 1 heterocycles. The van der Waals surface area contributed by atoms with Crippen molar-refractivity contribution in [2.75, 3.05) is 18.4 Å². The summed E-state index contributed by atoms with van der Waals surface area (Å²) in [4.78, 5) is 13.9. The number of aryl methyl sites for hydroxylation is 1. The Labute approximate surface area is 125 Å². The summed E-state index contributed by atoms with van der Waals surface area (Å²) in [5.74, 6) is 0.537. The lowest BCUT2D eigenvalue weighted by Gasteiger charge is -2.17. The summed E-state index contributed by atoms with van der Waals surface area (Å²) in [5, 5.41) is 11.3. The number of hydrogen-bond donors (Lipinski definition) is 1. The molecule has 0 aliphatic rings. The van der Waals surface area contributed by atoms with Crippen LogP contribution in [-0.2, 0) is 0 Å². The van der Waals surface area contributed by atoms with Crippen LogP contribution in [0.4, 0.5) is 11.5 Å². The van der Waals surface area contributed by atoms with Gasteiger partial charge in [0, 0.05) is 18.8 Å². The number of nitrogens with one attached hydrogen (secondary N) is 1. The second kappa shape index (κ2) is 6.83. The van der Waals surface area contributed by atoms with Crippen LogP contribution in [-0.4, -0.2) is 34.1 Å².